The van der Waals surface area contributed by atoms with Crippen LogP contribution in [0.5, 0.6) is 0 Å². The highest BCUT2D eigenvalue weighted by atomic mass is 31.3. The fraction of sp³-hybridized carbons (Fsp3) is 0.591. The van der Waals surface area contributed by atoms with E-state index in [0.29, 0.717) is 0 Å². The molecule has 54 heavy (non-hydrogen) atoms. The molecule has 3 aromatic rings. The number of aromatic amines is 2. The van der Waals surface area contributed by atoms with E-state index >= 15 is 0 Å². The van der Waals surface area contributed by atoms with Crippen molar-refractivity contribution in [3.05, 3.63) is 27.0 Å². The number of nitrogens with zero attached hydrogens (tertiary/aromatic N) is 6. The summed E-state index contributed by atoms with van der Waals surface area (Å²) >= 11 is 0. The molecule has 12 atom stereocenters. The molecule has 2 saturated heterocycles. The van der Waals surface area contributed by atoms with Crippen molar-refractivity contribution in [3.63, 3.8) is 0 Å². The van der Waals surface area contributed by atoms with Gasteiger partial charge in [-0.15, -0.1) is 0 Å². The van der Waals surface area contributed by atoms with Crippen LogP contribution in [-0.2, 0) is 40.8 Å². The third-order valence-electron chi connectivity index (χ3n) is 8.19. The van der Waals surface area contributed by atoms with Gasteiger partial charge in [0.15, 0.2) is 29.4 Å². The monoisotopic (exact) mass is 834 g/mol. The molecule has 300 valence electrons. The highest BCUT2D eigenvalue weighted by Gasteiger charge is 2.51. The number of nitrogen functional groups attached to an aromatic ring is 2. The zero-order valence-electron chi connectivity index (χ0n) is 27.1. The highest BCUT2D eigenvalue weighted by molar-refractivity contribution is 7.66. The normalized spacial score (nSPS) is 32.0. The van der Waals surface area contributed by atoms with E-state index in [2.05, 4.69) is 42.6 Å². The molecular weight excluding hydrogens is 801 g/mol. The zero-order chi connectivity index (χ0) is 39.7. The Hall–Kier alpha value is -3.44. The van der Waals surface area contributed by atoms with Crippen molar-refractivity contribution in [2.75, 3.05) is 48.2 Å². The summed E-state index contributed by atoms with van der Waals surface area (Å²) in [6, 6.07) is 0. The maximum absolute atomic E-state index is 12.6. The van der Waals surface area contributed by atoms with Gasteiger partial charge in [0.2, 0.25) is 11.9 Å². The largest absolute Gasteiger partial charge is 0.490 e. The van der Waals surface area contributed by atoms with Gasteiger partial charge in [0, 0.05) is 7.05 Å². The molecule has 32 heteroatoms. The lowest BCUT2D eigenvalue weighted by atomic mass is 9.98. The molecular formula is C22H33N10O19P3. The Morgan fingerprint density at radius 2 is 1.31 bits per heavy atom. The molecule has 0 spiro atoms. The number of imidazole rings is 1. The first kappa shape index (κ1) is 40.2. The number of nitrogens with two attached hydrogens (primary N) is 2. The number of aliphatic hydroxyl groups excluding tert-OH is 5. The minimum Gasteiger partial charge on any atom is -0.387 e. The number of hydrogen-bond donors (Lipinski definition) is 12. The maximum Gasteiger partial charge on any atom is 0.490 e. The van der Waals surface area contributed by atoms with Crippen LogP contribution in [0.4, 0.5) is 23.4 Å². The molecule has 0 aliphatic carbocycles. The summed E-state index contributed by atoms with van der Waals surface area (Å²) < 4.78 is 67.0. The number of nitrogens with one attached hydrogen (secondary N) is 2. The molecule has 0 aromatic carbocycles. The standard InChI is InChI=1S/C22H33N10O19P3/c1-30-5-32(16-9(30)18(39)29-22(24)27-16)20-14(37)12(35)10(33)6(49-20)2-46-52(40,41)50-54(44,45)51-53(42,43)47-3-7-11(34)13(36)19(48-7)31-4-25-8-15(31)26-21(23)28-17(8)38/h4,6-7,10-14,19-20,33-37H,2-3,5H2,1H3,(H,40,41)(H,42,43)(H,44,45)(H3,23,26,28,38)(H3,24,27,29,39)/t6-,7-,10-,11-,12+,13-,14-,19-,20-/m1/s1. The van der Waals surface area contributed by atoms with E-state index in [0.717, 1.165) is 10.9 Å². The van der Waals surface area contributed by atoms with Crippen LogP contribution in [0.15, 0.2) is 15.9 Å². The number of rotatable bonds is 12. The predicted molar refractivity (Wildman–Crippen MR) is 174 cm³/mol. The van der Waals surface area contributed by atoms with Crippen LogP contribution in [0.3, 0.4) is 0 Å². The second-order valence-corrected chi connectivity index (χ2v) is 16.6. The molecule has 0 amide bonds. The van der Waals surface area contributed by atoms with E-state index < -0.39 is 103 Å². The molecule has 0 radical (unpaired) electrons. The van der Waals surface area contributed by atoms with Crippen molar-refractivity contribution >= 4 is 58.0 Å². The van der Waals surface area contributed by atoms with Crippen molar-refractivity contribution in [1.82, 2.24) is 29.5 Å². The van der Waals surface area contributed by atoms with Crippen molar-refractivity contribution in [1.29, 1.82) is 0 Å². The van der Waals surface area contributed by atoms with E-state index in [4.69, 9.17) is 20.9 Å². The minimum absolute atomic E-state index is 0.00448. The number of H-pyrrole nitrogens is 2. The Kier molecular flexibility index (Phi) is 10.9. The van der Waals surface area contributed by atoms with E-state index in [1.54, 1.807) is 0 Å². The van der Waals surface area contributed by atoms with Crippen LogP contribution in [-0.4, -0.2) is 146 Å². The smallest absolute Gasteiger partial charge is 0.387 e. The van der Waals surface area contributed by atoms with E-state index in [1.807, 2.05) is 0 Å². The van der Waals surface area contributed by atoms with Crippen molar-refractivity contribution in [3.8, 4) is 0 Å². The average Bonchev–Trinajstić information content (AvgIpc) is 3.70. The quantitative estimate of drug-likeness (QED) is 0.0761. The summed E-state index contributed by atoms with van der Waals surface area (Å²) in [7, 11) is -16.1. The zero-order valence-corrected chi connectivity index (χ0v) is 29.8. The summed E-state index contributed by atoms with van der Waals surface area (Å²) in [4.78, 5) is 73.5. The summed E-state index contributed by atoms with van der Waals surface area (Å²) in [5.41, 5.74) is 9.42. The molecule has 14 N–H and O–H groups in total. The Morgan fingerprint density at radius 3 is 1.93 bits per heavy atom. The number of ether oxygens (including phenoxy) is 2. The molecule has 3 aliphatic heterocycles. The fourth-order valence-electron chi connectivity index (χ4n) is 5.79. The highest BCUT2D eigenvalue weighted by Crippen LogP contribution is 2.67. The van der Waals surface area contributed by atoms with Gasteiger partial charge < -0.3 is 71.0 Å². The third-order valence-corrected chi connectivity index (χ3v) is 12.4. The van der Waals surface area contributed by atoms with Gasteiger partial charge in [-0.25, -0.2) is 18.7 Å². The first-order valence-corrected chi connectivity index (χ1v) is 19.6. The summed E-state index contributed by atoms with van der Waals surface area (Å²) in [6.45, 7) is -2.46. The molecule has 3 aromatic heterocycles. The summed E-state index contributed by atoms with van der Waals surface area (Å²) in [5.74, 6) is -0.715. The lowest BCUT2D eigenvalue weighted by Gasteiger charge is -2.44. The topological polar surface area (TPSA) is 436 Å². The molecule has 6 rings (SSSR count). The molecule has 2 fully saturated rings. The van der Waals surface area contributed by atoms with Crippen molar-refractivity contribution < 1.29 is 81.1 Å². The SMILES string of the molecule is CN1CN([C@@H]2O[C@H](COP(=O)(O)OP(=O)(O)OP(=O)(O)OC[C@H]3O[C@@H](n4cnc5c(=O)[nH]c(N)nc54)[C@H](O)[C@@H]3O)[C@@H](O)[C@H](O)[C@H]2O)c2nc(N)[nH]c(=O)c21. The van der Waals surface area contributed by atoms with E-state index in [1.165, 1.54) is 16.8 Å². The van der Waals surface area contributed by atoms with Gasteiger partial charge in [0.1, 0.15) is 48.4 Å². The van der Waals surface area contributed by atoms with Gasteiger partial charge in [-0.05, 0) is 0 Å². The Morgan fingerprint density at radius 1 is 0.796 bits per heavy atom. The van der Waals surface area contributed by atoms with Crippen LogP contribution in [0.25, 0.3) is 11.2 Å². The van der Waals surface area contributed by atoms with Gasteiger partial charge >= 0.3 is 23.5 Å². The summed E-state index contributed by atoms with van der Waals surface area (Å²) in [6.07, 6.45) is -15.0. The van der Waals surface area contributed by atoms with Crippen LogP contribution < -0.4 is 32.4 Å². The lowest BCUT2D eigenvalue weighted by molar-refractivity contribution is -0.227. The Labute approximate surface area is 299 Å². The number of fused-ring (bicyclic) bond motifs is 2. The maximum atomic E-state index is 12.6. The van der Waals surface area contributed by atoms with Crippen molar-refractivity contribution in [2.45, 2.75) is 55.2 Å². The molecule has 0 bridgehead atoms. The van der Waals surface area contributed by atoms with E-state index in [9.17, 15) is 63.5 Å². The predicted octanol–water partition coefficient (Wildman–Crippen LogP) is -4.92. The first-order valence-electron chi connectivity index (χ1n) is 15.1. The van der Waals surface area contributed by atoms with Gasteiger partial charge in [-0.1, -0.05) is 0 Å². The number of anilines is 4. The van der Waals surface area contributed by atoms with Crippen LogP contribution in [0.1, 0.15) is 6.23 Å². The number of phosphoric ester groups is 2. The second-order valence-electron chi connectivity index (χ2n) is 12.0. The average molecular weight is 834 g/mol. The van der Waals surface area contributed by atoms with Crippen molar-refractivity contribution in [2.24, 2.45) is 0 Å². The molecule has 3 unspecified atom stereocenters. The van der Waals surface area contributed by atoms with Gasteiger partial charge in [-0.2, -0.15) is 18.6 Å². The van der Waals surface area contributed by atoms with Gasteiger partial charge in [0.25, 0.3) is 11.1 Å². The second kappa shape index (κ2) is 14.6. The molecule has 29 nitrogen and oxygen atoms in total. The van der Waals surface area contributed by atoms with Gasteiger partial charge in [-0.3, -0.25) is 33.2 Å². The number of aliphatic hydroxyl groups is 5. The third kappa shape index (κ3) is 7.95. The summed E-state index contributed by atoms with van der Waals surface area (Å²) in [5, 5.41) is 52.6. The first-order chi connectivity index (χ1) is 25.1. The number of aromatic nitrogens is 6. The van der Waals surface area contributed by atoms with Crippen LogP contribution in [0.2, 0.25) is 0 Å². The lowest BCUT2D eigenvalue weighted by Crippen LogP contribution is -2.63. The number of hydrogen-bond acceptors (Lipinski definition) is 23. The Bertz CT molecular complexity index is 2170. The number of phosphoric acid groups is 3. The molecule has 0 saturated carbocycles. The molecule has 6 heterocycles. The minimum atomic E-state index is -6.06. The van der Waals surface area contributed by atoms with Crippen LogP contribution in [0, 0.1) is 0 Å². The Balaban J connectivity index is 1.05. The fourth-order valence-corrected chi connectivity index (χ4v) is 9.32. The van der Waals surface area contributed by atoms with E-state index in [-0.39, 0.29) is 41.2 Å². The van der Waals surface area contributed by atoms with Crippen LogP contribution >= 0.6 is 23.5 Å². The van der Waals surface area contributed by atoms with Gasteiger partial charge in [0.05, 0.1) is 26.2 Å². The molecule has 3 aliphatic rings.